The minimum absolute atomic E-state index is 0.162. The molecule has 2 aliphatic rings. The van der Waals surface area contributed by atoms with Crippen LogP contribution >= 0.6 is 0 Å². The first-order valence-corrected chi connectivity index (χ1v) is 12.7. The van der Waals surface area contributed by atoms with Gasteiger partial charge in [0.2, 0.25) is 5.91 Å². The summed E-state index contributed by atoms with van der Waals surface area (Å²) in [6.07, 6.45) is 0.191. The van der Waals surface area contributed by atoms with Crippen molar-refractivity contribution in [2.75, 3.05) is 23.7 Å². The van der Waals surface area contributed by atoms with Crippen molar-refractivity contribution in [1.82, 2.24) is 4.90 Å². The SMILES string of the molecule is CC(=O)Nc1ccc(NC(=O)[C@H](C)OC(=O)[C@H]2CCCN(C3=NS(=O)(=O)c4ccccc43)C2)cc1. The van der Waals surface area contributed by atoms with Gasteiger partial charge in [-0.15, -0.1) is 4.40 Å². The zero-order valence-corrected chi connectivity index (χ0v) is 20.2. The number of likely N-dealkylation sites (tertiary alicyclic amines) is 1. The lowest BCUT2D eigenvalue weighted by Crippen LogP contribution is -2.44. The number of fused-ring (bicyclic) bond motifs is 1. The number of amidine groups is 1. The third kappa shape index (κ3) is 5.51. The summed E-state index contributed by atoms with van der Waals surface area (Å²) in [5.41, 5.74) is 1.62. The quantitative estimate of drug-likeness (QED) is 0.605. The van der Waals surface area contributed by atoms with Gasteiger partial charge in [0, 0.05) is 37.0 Å². The predicted octanol–water partition coefficient (Wildman–Crippen LogP) is 2.38. The van der Waals surface area contributed by atoms with Crippen molar-refractivity contribution in [3.8, 4) is 0 Å². The Hall–Kier alpha value is -3.73. The molecular formula is C24H26N4O6S. The summed E-state index contributed by atoms with van der Waals surface area (Å²) in [6, 6.07) is 13.2. The summed E-state index contributed by atoms with van der Waals surface area (Å²) in [5, 5.41) is 5.32. The maximum atomic E-state index is 12.8. The Labute approximate surface area is 203 Å². The molecule has 2 aromatic carbocycles. The van der Waals surface area contributed by atoms with Gasteiger partial charge in [-0.2, -0.15) is 8.42 Å². The first-order chi connectivity index (χ1) is 16.6. The number of carbonyl (C=O) groups is 3. The van der Waals surface area contributed by atoms with Gasteiger partial charge < -0.3 is 20.3 Å². The van der Waals surface area contributed by atoms with Crippen LogP contribution in [0.2, 0.25) is 0 Å². The van der Waals surface area contributed by atoms with Gasteiger partial charge in [0.25, 0.3) is 15.9 Å². The van der Waals surface area contributed by atoms with Crippen LogP contribution in [0.4, 0.5) is 11.4 Å². The highest BCUT2D eigenvalue weighted by atomic mass is 32.2. The number of esters is 1. The fourth-order valence-electron chi connectivity index (χ4n) is 4.09. The molecule has 4 rings (SSSR count). The molecule has 0 spiro atoms. The number of nitrogens with zero attached hydrogens (tertiary/aromatic N) is 2. The summed E-state index contributed by atoms with van der Waals surface area (Å²) in [5.74, 6) is -1.39. The fourth-order valence-corrected chi connectivity index (χ4v) is 5.31. The number of benzene rings is 2. The second-order valence-corrected chi connectivity index (χ2v) is 10.1. The Kier molecular flexibility index (Phi) is 6.88. The summed E-state index contributed by atoms with van der Waals surface area (Å²) in [7, 11) is -3.75. The van der Waals surface area contributed by atoms with E-state index >= 15 is 0 Å². The third-order valence-electron chi connectivity index (χ3n) is 5.80. The monoisotopic (exact) mass is 498 g/mol. The molecule has 0 unspecified atom stereocenters. The van der Waals surface area contributed by atoms with E-state index in [1.165, 1.54) is 19.9 Å². The van der Waals surface area contributed by atoms with Crippen molar-refractivity contribution in [3.05, 3.63) is 54.1 Å². The van der Waals surface area contributed by atoms with Gasteiger partial charge in [-0.25, -0.2) is 0 Å². The number of sulfonamides is 1. The van der Waals surface area contributed by atoms with E-state index in [0.29, 0.717) is 42.2 Å². The molecule has 35 heavy (non-hydrogen) atoms. The Morgan fingerprint density at radius 1 is 1.06 bits per heavy atom. The molecule has 2 aliphatic heterocycles. The van der Waals surface area contributed by atoms with Crippen molar-refractivity contribution in [1.29, 1.82) is 0 Å². The van der Waals surface area contributed by atoms with E-state index < -0.39 is 33.9 Å². The zero-order valence-electron chi connectivity index (χ0n) is 19.4. The van der Waals surface area contributed by atoms with Crippen LogP contribution in [0, 0.1) is 5.92 Å². The molecule has 184 valence electrons. The first kappa shape index (κ1) is 24.4. The van der Waals surface area contributed by atoms with E-state index in [1.54, 1.807) is 47.4 Å². The number of amides is 2. The molecule has 2 amide bonds. The van der Waals surface area contributed by atoms with E-state index in [0.717, 1.165) is 0 Å². The van der Waals surface area contributed by atoms with Crippen LogP contribution in [0.25, 0.3) is 0 Å². The summed E-state index contributed by atoms with van der Waals surface area (Å²) >= 11 is 0. The van der Waals surface area contributed by atoms with E-state index in [9.17, 15) is 22.8 Å². The van der Waals surface area contributed by atoms with Crippen molar-refractivity contribution in [2.45, 2.75) is 37.7 Å². The number of carbonyl (C=O) groups excluding carboxylic acids is 3. The number of piperidine rings is 1. The highest BCUT2D eigenvalue weighted by Gasteiger charge is 2.36. The van der Waals surface area contributed by atoms with E-state index in [-0.39, 0.29) is 17.3 Å². The number of hydrogen-bond acceptors (Lipinski definition) is 7. The van der Waals surface area contributed by atoms with Gasteiger partial charge in [0.05, 0.1) is 5.92 Å². The molecule has 11 heteroatoms. The van der Waals surface area contributed by atoms with Gasteiger partial charge in [-0.3, -0.25) is 14.4 Å². The lowest BCUT2D eigenvalue weighted by Gasteiger charge is -2.33. The van der Waals surface area contributed by atoms with Gasteiger partial charge >= 0.3 is 5.97 Å². The molecule has 0 saturated carbocycles. The van der Waals surface area contributed by atoms with Crippen molar-refractivity contribution in [3.63, 3.8) is 0 Å². The molecular weight excluding hydrogens is 472 g/mol. The van der Waals surface area contributed by atoms with E-state index in [1.807, 2.05) is 0 Å². The summed E-state index contributed by atoms with van der Waals surface area (Å²) in [6.45, 7) is 3.71. The molecule has 10 nitrogen and oxygen atoms in total. The zero-order chi connectivity index (χ0) is 25.2. The first-order valence-electron chi connectivity index (χ1n) is 11.2. The van der Waals surface area contributed by atoms with Crippen molar-refractivity contribution < 1.29 is 27.5 Å². The van der Waals surface area contributed by atoms with Crippen LogP contribution in [0.3, 0.4) is 0 Å². The van der Waals surface area contributed by atoms with Crippen LogP contribution < -0.4 is 10.6 Å². The third-order valence-corrected chi connectivity index (χ3v) is 7.13. The Bertz CT molecular complexity index is 1290. The molecule has 2 heterocycles. The van der Waals surface area contributed by atoms with Crippen LogP contribution in [-0.2, 0) is 29.1 Å². The number of anilines is 2. The number of rotatable bonds is 5. The molecule has 1 saturated heterocycles. The van der Waals surface area contributed by atoms with Crippen molar-refractivity contribution >= 4 is 45.0 Å². The van der Waals surface area contributed by atoms with Gasteiger partial charge in [0.1, 0.15) is 4.90 Å². The summed E-state index contributed by atoms with van der Waals surface area (Å²) in [4.78, 5) is 38.4. The molecule has 2 aromatic rings. The smallest absolute Gasteiger partial charge is 0.311 e. The van der Waals surface area contributed by atoms with E-state index in [4.69, 9.17) is 4.74 Å². The van der Waals surface area contributed by atoms with Crippen LogP contribution in [0.1, 0.15) is 32.3 Å². The minimum Gasteiger partial charge on any atom is -0.452 e. The second-order valence-electron chi connectivity index (χ2n) is 8.50. The largest absolute Gasteiger partial charge is 0.452 e. The second kappa shape index (κ2) is 9.87. The number of hydrogen-bond donors (Lipinski definition) is 2. The Morgan fingerprint density at radius 2 is 1.71 bits per heavy atom. The summed E-state index contributed by atoms with van der Waals surface area (Å²) < 4.78 is 34.1. The topological polar surface area (TPSA) is 134 Å². The molecule has 0 aliphatic carbocycles. The standard InChI is InChI=1S/C24H26N4O6S/c1-15(23(30)26-19-11-9-18(10-12-19)25-16(2)29)34-24(31)17-6-5-13-28(14-17)22-20-7-3-4-8-21(20)35(32,33)27-22/h3-4,7-12,15,17H,5-6,13-14H2,1-2H3,(H,25,29)(H,26,30)/t15-,17-/m0/s1. The molecule has 2 N–H and O–H groups in total. The lowest BCUT2D eigenvalue weighted by atomic mass is 9.97. The fraction of sp³-hybridized carbons (Fsp3) is 0.333. The van der Waals surface area contributed by atoms with Crippen LogP contribution in [0.5, 0.6) is 0 Å². The molecule has 0 radical (unpaired) electrons. The highest BCUT2D eigenvalue weighted by molar-refractivity contribution is 7.90. The Balaban J connectivity index is 1.36. The minimum atomic E-state index is -3.75. The number of nitrogens with one attached hydrogen (secondary N) is 2. The van der Waals surface area contributed by atoms with Gasteiger partial charge in [-0.05, 0) is 56.2 Å². The molecule has 1 fully saturated rings. The van der Waals surface area contributed by atoms with Crippen LogP contribution in [-0.4, -0.2) is 56.1 Å². The number of ether oxygens (including phenoxy) is 1. The maximum absolute atomic E-state index is 12.8. The normalized spacial score (nSPS) is 19.2. The predicted molar refractivity (Wildman–Crippen MR) is 129 cm³/mol. The lowest BCUT2D eigenvalue weighted by molar-refractivity contribution is -0.158. The van der Waals surface area contributed by atoms with Crippen LogP contribution in [0.15, 0.2) is 57.8 Å². The van der Waals surface area contributed by atoms with Gasteiger partial charge in [-0.1, -0.05) is 12.1 Å². The highest BCUT2D eigenvalue weighted by Crippen LogP contribution is 2.30. The Morgan fingerprint density at radius 3 is 2.40 bits per heavy atom. The molecule has 0 bridgehead atoms. The maximum Gasteiger partial charge on any atom is 0.311 e. The molecule has 0 aromatic heterocycles. The van der Waals surface area contributed by atoms with Crippen molar-refractivity contribution in [2.24, 2.45) is 10.3 Å². The van der Waals surface area contributed by atoms with E-state index in [2.05, 4.69) is 15.0 Å². The van der Waals surface area contributed by atoms with Gasteiger partial charge in [0.15, 0.2) is 11.9 Å². The molecule has 2 atom stereocenters. The average Bonchev–Trinajstić information content (AvgIpc) is 3.11. The average molecular weight is 499 g/mol.